The number of carbonyl (C=O) groups excluding carboxylic acids is 1. The molecule has 5 heteroatoms. The molecule has 0 saturated heterocycles. The molecule has 0 fully saturated rings. The van der Waals surface area contributed by atoms with Crippen molar-refractivity contribution in [1.82, 2.24) is 4.98 Å². The fraction of sp³-hybridized carbons (Fsp3) is 0.222. The summed E-state index contributed by atoms with van der Waals surface area (Å²) in [4.78, 5) is 16.0. The van der Waals surface area contributed by atoms with E-state index in [2.05, 4.69) is 15.0 Å². The van der Waals surface area contributed by atoms with Gasteiger partial charge in [-0.15, -0.1) is 0 Å². The molecule has 0 spiro atoms. The van der Waals surface area contributed by atoms with Gasteiger partial charge in [0.25, 0.3) is 0 Å². The van der Waals surface area contributed by atoms with Crippen molar-refractivity contribution in [3.8, 4) is 0 Å². The number of benzene rings is 1. The van der Waals surface area contributed by atoms with E-state index >= 15 is 0 Å². The van der Waals surface area contributed by atoms with Crippen molar-refractivity contribution < 1.29 is 13.9 Å². The molecule has 0 aliphatic heterocycles. The van der Waals surface area contributed by atoms with Crippen LogP contribution >= 0.6 is 0 Å². The van der Waals surface area contributed by atoms with Gasteiger partial charge in [0.15, 0.2) is 0 Å². The zero-order valence-corrected chi connectivity index (χ0v) is 13.3. The van der Waals surface area contributed by atoms with Crippen LogP contribution in [0, 0.1) is 13.8 Å². The molecule has 0 unspecified atom stereocenters. The van der Waals surface area contributed by atoms with Crippen molar-refractivity contribution in [2.24, 2.45) is 0 Å². The van der Waals surface area contributed by atoms with Gasteiger partial charge < -0.3 is 14.5 Å². The summed E-state index contributed by atoms with van der Waals surface area (Å²) in [7, 11) is 1.33. The van der Waals surface area contributed by atoms with Crippen molar-refractivity contribution >= 4 is 22.6 Å². The lowest BCUT2D eigenvalue weighted by molar-refractivity contribution is 0.0563. The summed E-state index contributed by atoms with van der Waals surface area (Å²) in [6, 6.07) is 11.4. The number of methoxy groups -OCH3 is 1. The van der Waals surface area contributed by atoms with Crippen molar-refractivity contribution in [2.75, 3.05) is 12.4 Å². The number of esters is 1. The van der Waals surface area contributed by atoms with Crippen molar-refractivity contribution in [1.29, 1.82) is 0 Å². The van der Waals surface area contributed by atoms with E-state index in [0.29, 0.717) is 12.3 Å². The molecular weight excluding hydrogens is 292 g/mol. The fourth-order valence-electron chi connectivity index (χ4n) is 2.52. The second-order valence-corrected chi connectivity index (χ2v) is 5.33. The number of anilines is 1. The lowest BCUT2D eigenvalue weighted by atomic mass is 10.1. The molecule has 0 saturated carbocycles. The Balaban J connectivity index is 1.88. The van der Waals surface area contributed by atoms with Gasteiger partial charge in [-0.2, -0.15) is 0 Å². The van der Waals surface area contributed by atoms with E-state index in [0.717, 1.165) is 27.8 Å². The third-order valence-corrected chi connectivity index (χ3v) is 3.87. The van der Waals surface area contributed by atoms with Gasteiger partial charge in [0.2, 0.25) is 5.76 Å². The normalized spacial score (nSPS) is 10.7. The maximum atomic E-state index is 11.4. The standard InChI is InChI=1S/C18H18N2O3/c1-11-12(2)20-15-7-5-4-6-14(15)17(11)19-10-13-8-9-16(23-13)18(21)22-3/h4-9H,10H2,1-3H3,(H,19,20). The van der Waals surface area contributed by atoms with Crippen LogP contribution in [0.5, 0.6) is 0 Å². The Morgan fingerprint density at radius 2 is 2.00 bits per heavy atom. The first-order chi connectivity index (χ1) is 11.1. The van der Waals surface area contributed by atoms with Gasteiger partial charge in [0.1, 0.15) is 5.76 Å². The molecule has 3 rings (SSSR count). The predicted molar refractivity (Wildman–Crippen MR) is 88.6 cm³/mol. The van der Waals surface area contributed by atoms with Gasteiger partial charge in [0, 0.05) is 16.8 Å². The molecule has 0 amide bonds. The van der Waals surface area contributed by atoms with Gasteiger partial charge in [-0.3, -0.25) is 4.98 Å². The number of carbonyl (C=O) groups is 1. The molecule has 0 aliphatic carbocycles. The predicted octanol–water partition coefficient (Wildman–Crippen LogP) is 3.84. The third kappa shape index (κ3) is 2.90. The largest absolute Gasteiger partial charge is 0.463 e. The molecule has 0 atom stereocenters. The second-order valence-electron chi connectivity index (χ2n) is 5.33. The Hall–Kier alpha value is -2.82. The first-order valence-corrected chi connectivity index (χ1v) is 7.37. The zero-order valence-electron chi connectivity index (χ0n) is 13.3. The van der Waals surface area contributed by atoms with Crippen LogP contribution in [0.25, 0.3) is 10.9 Å². The SMILES string of the molecule is COC(=O)c1ccc(CNc2c(C)c(C)nc3ccccc23)o1. The lowest BCUT2D eigenvalue weighted by Crippen LogP contribution is -2.04. The first-order valence-electron chi connectivity index (χ1n) is 7.37. The Bertz CT molecular complexity index is 868. The topological polar surface area (TPSA) is 64.4 Å². The van der Waals surface area contributed by atoms with Crippen LogP contribution < -0.4 is 5.32 Å². The highest BCUT2D eigenvalue weighted by atomic mass is 16.5. The zero-order chi connectivity index (χ0) is 16.4. The Morgan fingerprint density at radius 3 is 2.78 bits per heavy atom. The van der Waals surface area contributed by atoms with E-state index in [1.165, 1.54) is 7.11 Å². The molecule has 5 nitrogen and oxygen atoms in total. The number of rotatable bonds is 4. The first kappa shape index (κ1) is 15.1. The molecule has 1 aromatic carbocycles. The van der Waals surface area contributed by atoms with Gasteiger partial charge >= 0.3 is 5.97 Å². The van der Waals surface area contributed by atoms with Gasteiger partial charge in [-0.05, 0) is 37.6 Å². The summed E-state index contributed by atoms with van der Waals surface area (Å²) in [6.07, 6.45) is 0. The highest BCUT2D eigenvalue weighted by Crippen LogP contribution is 2.28. The molecule has 0 radical (unpaired) electrons. The molecular formula is C18H18N2O3. The monoisotopic (exact) mass is 310 g/mol. The number of nitrogens with one attached hydrogen (secondary N) is 1. The van der Waals surface area contributed by atoms with Crippen molar-refractivity contribution in [3.05, 3.63) is 59.2 Å². The minimum absolute atomic E-state index is 0.205. The fourth-order valence-corrected chi connectivity index (χ4v) is 2.52. The van der Waals surface area contributed by atoms with Crippen LogP contribution in [0.15, 0.2) is 40.8 Å². The number of hydrogen-bond acceptors (Lipinski definition) is 5. The van der Waals surface area contributed by atoms with Crippen molar-refractivity contribution in [3.63, 3.8) is 0 Å². The summed E-state index contributed by atoms with van der Waals surface area (Å²) in [5, 5.41) is 4.46. The number of para-hydroxylation sites is 1. The lowest BCUT2D eigenvalue weighted by Gasteiger charge is -2.13. The molecule has 2 heterocycles. The molecule has 3 aromatic rings. The molecule has 2 aromatic heterocycles. The average Bonchev–Trinajstić information content (AvgIpc) is 3.03. The average molecular weight is 310 g/mol. The smallest absolute Gasteiger partial charge is 0.373 e. The van der Waals surface area contributed by atoms with E-state index in [-0.39, 0.29) is 5.76 Å². The van der Waals surface area contributed by atoms with Crippen LogP contribution in [0.4, 0.5) is 5.69 Å². The number of ether oxygens (including phenoxy) is 1. The second kappa shape index (κ2) is 6.12. The maximum Gasteiger partial charge on any atom is 0.373 e. The quantitative estimate of drug-likeness (QED) is 0.742. The van der Waals surface area contributed by atoms with E-state index in [1.807, 2.05) is 38.1 Å². The Morgan fingerprint density at radius 1 is 1.22 bits per heavy atom. The number of pyridine rings is 1. The Kier molecular flexibility index (Phi) is 4.02. The highest BCUT2D eigenvalue weighted by Gasteiger charge is 2.12. The van der Waals surface area contributed by atoms with E-state index < -0.39 is 5.97 Å². The number of nitrogens with zero attached hydrogens (tertiary/aromatic N) is 1. The van der Waals surface area contributed by atoms with Crippen LogP contribution in [-0.2, 0) is 11.3 Å². The van der Waals surface area contributed by atoms with E-state index in [4.69, 9.17) is 4.42 Å². The van der Waals surface area contributed by atoms with Crippen LogP contribution in [-0.4, -0.2) is 18.1 Å². The number of fused-ring (bicyclic) bond motifs is 1. The number of aromatic nitrogens is 1. The summed E-state index contributed by atoms with van der Waals surface area (Å²) >= 11 is 0. The third-order valence-electron chi connectivity index (χ3n) is 3.87. The maximum absolute atomic E-state index is 11.4. The van der Waals surface area contributed by atoms with E-state index in [1.54, 1.807) is 12.1 Å². The molecule has 1 N–H and O–H groups in total. The summed E-state index contributed by atoms with van der Waals surface area (Å²) < 4.78 is 10.1. The molecule has 118 valence electrons. The number of hydrogen-bond donors (Lipinski definition) is 1. The van der Waals surface area contributed by atoms with Crippen LogP contribution in [0.2, 0.25) is 0 Å². The molecule has 0 aliphatic rings. The van der Waals surface area contributed by atoms with Crippen molar-refractivity contribution in [2.45, 2.75) is 20.4 Å². The summed E-state index contributed by atoms with van der Waals surface area (Å²) in [5.74, 6) is 0.401. The number of aryl methyl sites for hydroxylation is 1. The summed E-state index contributed by atoms with van der Waals surface area (Å²) in [5.41, 5.74) is 4.07. The van der Waals surface area contributed by atoms with E-state index in [9.17, 15) is 4.79 Å². The summed E-state index contributed by atoms with van der Waals surface area (Å²) in [6.45, 7) is 4.51. The molecule has 23 heavy (non-hydrogen) atoms. The van der Waals surface area contributed by atoms with Gasteiger partial charge in [-0.1, -0.05) is 18.2 Å². The highest BCUT2D eigenvalue weighted by molar-refractivity contribution is 5.93. The Labute approximate surface area is 134 Å². The molecule has 0 bridgehead atoms. The van der Waals surface area contributed by atoms with Crippen LogP contribution in [0.1, 0.15) is 27.6 Å². The van der Waals surface area contributed by atoms with Crippen LogP contribution in [0.3, 0.4) is 0 Å². The van der Waals surface area contributed by atoms with Gasteiger partial charge in [-0.25, -0.2) is 4.79 Å². The van der Waals surface area contributed by atoms with Gasteiger partial charge in [0.05, 0.1) is 19.2 Å². The minimum atomic E-state index is -0.474. The number of furan rings is 1. The minimum Gasteiger partial charge on any atom is -0.463 e.